The number of halogens is 2. The Hall–Kier alpha value is -2.77. The van der Waals surface area contributed by atoms with Gasteiger partial charge in [-0.1, -0.05) is 6.58 Å². The first-order chi connectivity index (χ1) is 12.4. The fourth-order valence-corrected chi connectivity index (χ4v) is 2.92. The van der Waals surface area contributed by atoms with Gasteiger partial charge in [0.15, 0.2) is 0 Å². The fourth-order valence-electron chi connectivity index (χ4n) is 2.92. The number of aryl methyl sites for hydroxylation is 1. The second kappa shape index (κ2) is 7.23. The van der Waals surface area contributed by atoms with Crippen molar-refractivity contribution in [1.82, 2.24) is 20.1 Å². The van der Waals surface area contributed by atoms with E-state index in [-0.39, 0.29) is 38.4 Å². The van der Waals surface area contributed by atoms with E-state index in [0.717, 1.165) is 11.3 Å². The van der Waals surface area contributed by atoms with Crippen LogP contribution in [-0.4, -0.2) is 39.7 Å². The molecule has 1 amide bonds. The highest BCUT2D eigenvalue weighted by Gasteiger charge is 2.34. The van der Waals surface area contributed by atoms with Gasteiger partial charge >= 0.3 is 0 Å². The molecule has 8 heteroatoms. The SMILES string of the molecule is C=CC(=O)NCc1cnc(-c2ccn(C)n2)cc1N1CCC(F)(F)CC1. The minimum atomic E-state index is -2.62. The summed E-state index contributed by atoms with van der Waals surface area (Å²) < 4.78 is 28.7. The third-order valence-corrected chi connectivity index (χ3v) is 4.41. The van der Waals surface area contributed by atoms with Gasteiger partial charge in [-0.2, -0.15) is 5.10 Å². The Morgan fingerprint density at radius 1 is 1.38 bits per heavy atom. The second-order valence-electron chi connectivity index (χ2n) is 6.34. The average Bonchev–Trinajstić information content (AvgIpc) is 3.06. The number of aromatic nitrogens is 3. The monoisotopic (exact) mass is 361 g/mol. The Labute approximate surface area is 150 Å². The quantitative estimate of drug-likeness (QED) is 0.832. The number of nitrogens with one attached hydrogen (secondary N) is 1. The Morgan fingerprint density at radius 3 is 2.73 bits per heavy atom. The van der Waals surface area contributed by atoms with E-state index < -0.39 is 5.92 Å². The largest absolute Gasteiger partial charge is 0.371 e. The van der Waals surface area contributed by atoms with Crippen molar-refractivity contribution in [1.29, 1.82) is 0 Å². The summed E-state index contributed by atoms with van der Waals surface area (Å²) in [6.07, 6.45) is 4.29. The van der Waals surface area contributed by atoms with Crippen molar-refractivity contribution in [3.63, 3.8) is 0 Å². The third kappa shape index (κ3) is 4.07. The van der Waals surface area contributed by atoms with Gasteiger partial charge in [0.1, 0.15) is 5.69 Å². The minimum absolute atomic E-state index is 0.188. The van der Waals surface area contributed by atoms with Gasteiger partial charge in [0.25, 0.3) is 5.92 Å². The van der Waals surface area contributed by atoms with Crippen LogP contribution in [0.4, 0.5) is 14.5 Å². The molecule has 1 fully saturated rings. The predicted octanol–water partition coefficient (Wildman–Crippen LogP) is 2.52. The lowest BCUT2D eigenvalue weighted by Crippen LogP contribution is -2.40. The van der Waals surface area contributed by atoms with E-state index in [1.54, 1.807) is 10.9 Å². The molecule has 1 aliphatic heterocycles. The molecular formula is C18H21F2N5O. The highest BCUT2D eigenvalue weighted by Crippen LogP contribution is 2.33. The second-order valence-corrected chi connectivity index (χ2v) is 6.34. The normalized spacial score (nSPS) is 16.3. The molecule has 0 aliphatic carbocycles. The van der Waals surface area contributed by atoms with Gasteiger partial charge in [-0.05, 0) is 18.2 Å². The van der Waals surface area contributed by atoms with Crippen LogP contribution >= 0.6 is 0 Å². The lowest BCUT2D eigenvalue weighted by Gasteiger charge is -2.34. The maximum absolute atomic E-state index is 13.5. The average molecular weight is 361 g/mol. The van der Waals surface area contributed by atoms with Crippen molar-refractivity contribution >= 4 is 11.6 Å². The molecule has 0 atom stereocenters. The topological polar surface area (TPSA) is 63.1 Å². The van der Waals surface area contributed by atoms with Gasteiger partial charge in [-0.15, -0.1) is 0 Å². The van der Waals surface area contributed by atoms with E-state index in [0.29, 0.717) is 11.4 Å². The number of carbonyl (C=O) groups excluding carboxylic acids is 1. The van der Waals surface area contributed by atoms with Crippen LogP contribution in [0.3, 0.4) is 0 Å². The molecular weight excluding hydrogens is 340 g/mol. The molecule has 3 heterocycles. The number of anilines is 1. The fraction of sp³-hybridized carbons (Fsp3) is 0.389. The molecule has 138 valence electrons. The number of hydrogen-bond acceptors (Lipinski definition) is 4. The number of hydrogen-bond donors (Lipinski definition) is 1. The van der Waals surface area contributed by atoms with Crippen molar-refractivity contribution in [2.75, 3.05) is 18.0 Å². The first kappa shape index (κ1) is 18.0. The molecule has 1 saturated heterocycles. The van der Waals surface area contributed by atoms with Crippen molar-refractivity contribution in [3.05, 3.63) is 42.7 Å². The van der Waals surface area contributed by atoms with E-state index in [9.17, 15) is 13.6 Å². The summed E-state index contributed by atoms with van der Waals surface area (Å²) >= 11 is 0. The molecule has 0 aromatic carbocycles. The summed E-state index contributed by atoms with van der Waals surface area (Å²) in [7, 11) is 1.82. The van der Waals surface area contributed by atoms with Gasteiger partial charge in [-0.25, -0.2) is 8.78 Å². The van der Waals surface area contributed by atoms with Crippen LogP contribution in [0.1, 0.15) is 18.4 Å². The highest BCUT2D eigenvalue weighted by atomic mass is 19.3. The van der Waals surface area contributed by atoms with E-state index in [1.807, 2.05) is 30.3 Å². The summed E-state index contributed by atoms with van der Waals surface area (Å²) in [4.78, 5) is 17.8. The van der Waals surface area contributed by atoms with Crippen molar-refractivity contribution in [3.8, 4) is 11.4 Å². The minimum Gasteiger partial charge on any atom is -0.371 e. The van der Waals surface area contributed by atoms with Gasteiger partial charge in [0.05, 0.1) is 5.69 Å². The Morgan fingerprint density at radius 2 is 2.12 bits per heavy atom. The van der Waals surface area contributed by atoms with Crippen LogP contribution in [0.15, 0.2) is 37.2 Å². The van der Waals surface area contributed by atoms with Crippen LogP contribution < -0.4 is 10.2 Å². The Bertz CT molecular complexity index is 808. The van der Waals surface area contributed by atoms with Crippen LogP contribution in [0.25, 0.3) is 11.4 Å². The molecule has 0 spiro atoms. The molecule has 0 unspecified atom stereocenters. The number of pyridine rings is 1. The lowest BCUT2D eigenvalue weighted by molar-refractivity contribution is -0.116. The van der Waals surface area contributed by atoms with Crippen molar-refractivity contribution in [2.45, 2.75) is 25.3 Å². The number of amides is 1. The summed E-state index contributed by atoms with van der Waals surface area (Å²) in [5.74, 6) is -2.92. The van der Waals surface area contributed by atoms with Crippen molar-refractivity contribution in [2.24, 2.45) is 7.05 Å². The van der Waals surface area contributed by atoms with E-state index in [1.165, 1.54) is 6.08 Å². The van der Waals surface area contributed by atoms with Gasteiger partial charge in [0.2, 0.25) is 5.91 Å². The van der Waals surface area contributed by atoms with E-state index >= 15 is 0 Å². The molecule has 1 N–H and O–H groups in total. The van der Waals surface area contributed by atoms with Crippen LogP contribution in [0, 0.1) is 0 Å². The predicted molar refractivity (Wildman–Crippen MR) is 94.9 cm³/mol. The standard InChI is InChI=1S/C18H21F2N5O/c1-3-17(26)22-12-13-11-21-15(14-4-7-24(2)23-14)10-16(13)25-8-5-18(19,20)6-9-25/h3-4,7,10-11H,1,5-6,8-9,12H2,2H3,(H,22,26). The molecule has 1 aliphatic rings. The molecule has 0 bridgehead atoms. The molecule has 2 aromatic rings. The van der Waals surface area contributed by atoms with Crippen LogP contribution in [0.5, 0.6) is 0 Å². The van der Waals surface area contributed by atoms with Gasteiger partial charge in [0, 0.05) is 63.2 Å². The van der Waals surface area contributed by atoms with Crippen LogP contribution in [-0.2, 0) is 18.4 Å². The maximum atomic E-state index is 13.5. The summed E-state index contributed by atoms with van der Waals surface area (Å²) in [5, 5.41) is 7.06. The van der Waals surface area contributed by atoms with Crippen molar-refractivity contribution < 1.29 is 13.6 Å². The van der Waals surface area contributed by atoms with Crippen LogP contribution in [0.2, 0.25) is 0 Å². The molecule has 3 rings (SSSR count). The summed E-state index contributed by atoms with van der Waals surface area (Å²) in [6, 6.07) is 3.69. The summed E-state index contributed by atoms with van der Waals surface area (Å²) in [6.45, 7) is 4.18. The zero-order chi connectivity index (χ0) is 18.7. The number of nitrogens with zero attached hydrogens (tertiary/aromatic N) is 4. The Kier molecular flexibility index (Phi) is 5.01. The number of rotatable bonds is 5. The molecule has 26 heavy (non-hydrogen) atoms. The molecule has 2 aromatic heterocycles. The third-order valence-electron chi connectivity index (χ3n) is 4.41. The Balaban J connectivity index is 1.90. The van der Waals surface area contributed by atoms with E-state index in [2.05, 4.69) is 22.0 Å². The maximum Gasteiger partial charge on any atom is 0.251 e. The summed E-state index contributed by atoms with van der Waals surface area (Å²) in [5.41, 5.74) is 2.93. The van der Waals surface area contributed by atoms with Gasteiger partial charge < -0.3 is 10.2 Å². The number of carbonyl (C=O) groups is 1. The lowest BCUT2D eigenvalue weighted by atomic mass is 10.0. The molecule has 6 nitrogen and oxygen atoms in total. The van der Waals surface area contributed by atoms with E-state index in [4.69, 9.17) is 0 Å². The molecule has 0 radical (unpaired) electrons. The zero-order valence-electron chi connectivity index (χ0n) is 14.6. The smallest absolute Gasteiger partial charge is 0.251 e. The first-order valence-corrected chi connectivity index (χ1v) is 8.40. The highest BCUT2D eigenvalue weighted by molar-refractivity contribution is 5.86. The number of alkyl halides is 2. The zero-order valence-corrected chi connectivity index (χ0v) is 14.6. The molecule has 0 saturated carbocycles. The first-order valence-electron chi connectivity index (χ1n) is 8.40. The van der Waals surface area contributed by atoms with Gasteiger partial charge in [-0.3, -0.25) is 14.5 Å². The number of piperidine rings is 1.